The largest absolute Gasteiger partial charge is 0.366 e. The molecule has 0 spiro atoms. The lowest BCUT2D eigenvalue weighted by atomic mass is 10.0. The van der Waals surface area contributed by atoms with Crippen molar-refractivity contribution in [1.29, 1.82) is 0 Å². The van der Waals surface area contributed by atoms with Gasteiger partial charge >= 0.3 is 0 Å². The van der Waals surface area contributed by atoms with Crippen LogP contribution in [0.1, 0.15) is 28.9 Å². The quantitative estimate of drug-likeness (QED) is 0.727. The third-order valence-corrected chi connectivity index (χ3v) is 2.13. The van der Waals surface area contributed by atoms with Crippen LogP contribution in [0.25, 0.3) is 0 Å². The highest BCUT2D eigenvalue weighted by molar-refractivity contribution is 5.94. The summed E-state index contributed by atoms with van der Waals surface area (Å²) in [5.74, 6) is -0.377. The van der Waals surface area contributed by atoms with Gasteiger partial charge in [0.1, 0.15) is 0 Å². The third-order valence-electron chi connectivity index (χ3n) is 2.13. The van der Waals surface area contributed by atoms with E-state index in [1.54, 1.807) is 6.07 Å². The van der Waals surface area contributed by atoms with Crippen LogP contribution in [0.2, 0.25) is 0 Å². The molecule has 1 amide bonds. The average molecular weight is 178 g/mol. The molecule has 0 saturated heterocycles. The fraction of sp³-hybridized carbons (Fsp3) is 0.300. The van der Waals surface area contributed by atoms with E-state index in [1.165, 1.54) is 0 Å². The molecule has 0 aliphatic rings. The van der Waals surface area contributed by atoms with Crippen molar-refractivity contribution in [2.45, 2.75) is 13.0 Å². The Hall–Kier alpha value is -1.35. The lowest BCUT2D eigenvalue weighted by Gasteiger charge is -2.13. The molecule has 0 saturated carbocycles. The van der Waals surface area contributed by atoms with E-state index < -0.39 is 0 Å². The Morgan fingerprint density at radius 2 is 2.08 bits per heavy atom. The van der Waals surface area contributed by atoms with Gasteiger partial charge in [0.05, 0.1) is 0 Å². The second-order valence-corrected chi connectivity index (χ2v) is 2.96. The third kappa shape index (κ3) is 2.06. The van der Waals surface area contributed by atoms with Crippen LogP contribution in [0.4, 0.5) is 0 Å². The van der Waals surface area contributed by atoms with Crippen molar-refractivity contribution in [3.05, 3.63) is 35.4 Å². The van der Waals surface area contributed by atoms with E-state index in [0.29, 0.717) is 5.56 Å². The minimum atomic E-state index is -0.377. The molecule has 1 aromatic carbocycles. The summed E-state index contributed by atoms with van der Waals surface area (Å²) in [6.45, 7) is 1.99. The van der Waals surface area contributed by atoms with Crippen LogP contribution in [0, 0.1) is 0 Å². The van der Waals surface area contributed by atoms with Crippen LogP contribution >= 0.6 is 0 Å². The Labute approximate surface area is 77.9 Å². The Kier molecular flexibility index (Phi) is 3.03. The standard InChI is InChI=1S/C10H14N2O/c1-7(12-2)8-5-3-4-6-9(8)10(11)13/h3-7,12H,1-2H3,(H2,11,13). The van der Waals surface area contributed by atoms with Crippen LogP contribution in [-0.4, -0.2) is 13.0 Å². The van der Waals surface area contributed by atoms with Crippen molar-refractivity contribution in [3.63, 3.8) is 0 Å². The van der Waals surface area contributed by atoms with Crippen LogP contribution in [-0.2, 0) is 0 Å². The van der Waals surface area contributed by atoms with Gasteiger partial charge in [-0.2, -0.15) is 0 Å². The number of amides is 1. The lowest BCUT2D eigenvalue weighted by Crippen LogP contribution is -2.19. The lowest BCUT2D eigenvalue weighted by molar-refractivity contribution is 0.0999. The van der Waals surface area contributed by atoms with E-state index in [0.717, 1.165) is 5.56 Å². The van der Waals surface area contributed by atoms with Crippen molar-refractivity contribution in [1.82, 2.24) is 5.32 Å². The van der Waals surface area contributed by atoms with Gasteiger partial charge in [-0.05, 0) is 25.6 Å². The summed E-state index contributed by atoms with van der Waals surface area (Å²) in [5.41, 5.74) is 6.77. The number of rotatable bonds is 3. The van der Waals surface area contributed by atoms with Crippen molar-refractivity contribution < 1.29 is 4.79 Å². The fourth-order valence-electron chi connectivity index (χ4n) is 1.25. The normalized spacial score (nSPS) is 12.5. The maximum absolute atomic E-state index is 11.0. The number of nitrogens with one attached hydrogen (secondary N) is 1. The number of primary amides is 1. The van der Waals surface area contributed by atoms with Crippen LogP contribution in [0.15, 0.2) is 24.3 Å². The number of carbonyl (C=O) groups is 1. The first kappa shape index (κ1) is 9.74. The fourth-order valence-corrected chi connectivity index (χ4v) is 1.25. The Bertz CT molecular complexity index is 310. The minimum absolute atomic E-state index is 0.142. The van der Waals surface area contributed by atoms with E-state index >= 15 is 0 Å². The molecule has 3 nitrogen and oxygen atoms in total. The van der Waals surface area contributed by atoms with E-state index in [9.17, 15) is 4.79 Å². The molecule has 0 aliphatic carbocycles. The zero-order valence-corrected chi connectivity index (χ0v) is 7.87. The summed E-state index contributed by atoms with van der Waals surface area (Å²) >= 11 is 0. The Morgan fingerprint density at radius 1 is 1.46 bits per heavy atom. The number of hydrogen-bond donors (Lipinski definition) is 2. The molecule has 1 aromatic rings. The molecule has 0 aliphatic heterocycles. The number of hydrogen-bond acceptors (Lipinski definition) is 2. The molecule has 70 valence electrons. The van der Waals surface area contributed by atoms with Gasteiger partial charge in [-0.15, -0.1) is 0 Å². The van der Waals surface area contributed by atoms with E-state index in [1.807, 2.05) is 32.2 Å². The predicted octanol–water partition coefficient (Wildman–Crippen LogP) is 1.07. The van der Waals surface area contributed by atoms with Crippen molar-refractivity contribution >= 4 is 5.91 Å². The monoisotopic (exact) mass is 178 g/mol. The van der Waals surface area contributed by atoms with Gasteiger partial charge in [-0.3, -0.25) is 4.79 Å². The van der Waals surface area contributed by atoms with E-state index in [-0.39, 0.29) is 11.9 Å². The smallest absolute Gasteiger partial charge is 0.249 e. The second-order valence-electron chi connectivity index (χ2n) is 2.96. The van der Waals surface area contributed by atoms with Gasteiger partial charge in [0.2, 0.25) is 5.91 Å². The Balaban J connectivity index is 3.11. The predicted molar refractivity (Wildman–Crippen MR) is 52.4 cm³/mol. The summed E-state index contributed by atoms with van der Waals surface area (Å²) in [4.78, 5) is 11.0. The molecule has 3 N–H and O–H groups in total. The first-order valence-electron chi connectivity index (χ1n) is 4.22. The zero-order chi connectivity index (χ0) is 9.84. The Morgan fingerprint density at radius 3 is 2.62 bits per heavy atom. The van der Waals surface area contributed by atoms with Gasteiger partial charge in [0, 0.05) is 11.6 Å². The molecule has 0 aromatic heterocycles. The second kappa shape index (κ2) is 4.05. The molecular formula is C10H14N2O. The number of nitrogens with two attached hydrogens (primary N) is 1. The highest BCUT2D eigenvalue weighted by Crippen LogP contribution is 2.16. The van der Waals surface area contributed by atoms with Crippen LogP contribution in [0.3, 0.4) is 0 Å². The van der Waals surface area contributed by atoms with E-state index in [4.69, 9.17) is 5.73 Å². The minimum Gasteiger partial charge on any atom is -0.366 e. The van der Waals surface area contributed by atoms with Crippen LogP contribution < -0.4 is 11.1 Å². The summed E-state index contributed by atoms with van der Waals surface area (Å²) < 4.78 is 0. The maximum atomic E-state index is 11.0. The molecule has 1 atom stereocenters. The van der Waals surface area contributed by atoms with Gasteiger partial charge in [0.15, 0.2) is 0 Å². The van der Waals surface area contributed by atoms with Gasteiger partial charge < -0.3 is 11.1 Å². The maximum Gasteiger partial charge on any atom is 0.249 e. The molecule has 1 rings (SSSR count). The molecule has 0 bridgehead atoms. The highest BCUT2D eigenvalue weighted by atomic mass is 16.1. The molecule has 3 heteroatoms. The van der Waals surface area contributed by atoms with Crippen LogP contribution in [0.5, 0.6) is 0 Å². The molecule has 1 unspecified atom stereocenters. The summed E-state index contributed by atoms with van der Waals surface area (Å²) in [6.07, 6.45) is 0. The number of carbonyl (C=O) groups excluding carboxylic acids is 1. The molecule has 13 heavy (non-hydrogen) atoms. The molecule has 0 heterocycles. The first-order valence-corrected chi connectivity index (χ1v) is 4.22. The zero-order valence-electron chi connectivity index (χ0n) is 7.87. The first-order chi connectivity index (χ1) is 6.16. The molecular weight excluding hydrogens is 164 g/mol. The van der Waals surface area contributed by atoms with E-state index in [2.05, 4.69) is 5.32 Å². The highest BCUT2D eigenvalue weighted by Gasteiger charge is 2.11. The summed E-state index contributed by atoms with van der Waals surface area (Å²) in [7, 11) is 1.85. The topological polar surface area (TPSA) is 55.1 Å². The summed E-state index contributed by atoms with van der Waals surface area (Å²) in [6, 6.07) is 7.50. The van der Waals surface area contributed by atoms with Gasteiger partial charge in [-0.25, -0.2) is 0 Å². The van der Waals surface area contributed by atoms with Crippen molar-refractivity contribution in [3.8, 4) is 0 Å². The van der Waals surface area contributed by atoms with Gasteiger partial charge in [-0.1, -0.05) is 18.2 Å². The SMILES string of the molecule is CNC(C)c1ccccc1C(N)=O. The van der Waals surface area contributed by atoms with Crippen molar-refractivity contribution in [2.75, 3.05) is 7.05 Å². The van der Waals surface area contributed by atoms with Gasteiger partial charge in [0.25, 0.3) is 0 Å². The summed E-state index contributed by atoms with van der Waals surface area (Å²) in [5, 5.41) is 3.07. The molecule has 0 fully saturated rings. The number of benzene rings is 1. The molecule has 0 radical (unpaired) electrons. The van der Waals surface area contributed by atoms with Crippen molar-refractivity contribution in [2.24, 2.45) is 5.73 Å². The average Bonchev–Trinajstić information content (AvgIpc) is 2.16.